The zero-order valence-corrected chi connectivity index (χ0v) is 12.8. The standard InChI is InChI=1S/C13H17ClN2O3S/c1-2-11-5-10(6-12(14)16-11)13(17)15-7-9-3-4-20(18,19)8-9/h5-6,9H,2-4,7-8H2,1H3,(H,15,17). The van der Waals surface area contributed by atoms with E-state index in [2.05, 4.69) is 10.3 Å². The van der Waals surface area contributed by atoms with Crippen molar-refractivity contribution in [2.24, 2.45) is 5.92 Å². The molecule has 0 radical (unpaired) electrons. The highest BCUT2D eigenvalue weighted by Gasteiger charge is 2.28. The van der Waals surface area contributed by atoms with Crippen LogP contribution in [0.5, 0.6) is 0 Å². The van der Waals surface area contributed by atoms with E-state index < -0.39 is 9.84 Å². The second kappa shape index (κ2) is 6.10. The van der Waals surface area contributed by atoms with Gasteiger partial charge in [0.1, 0.15) is 5.15 Å². The van der Waals surface area contributed by atoms with Gasteiger partial charge < -0.3 is 5.32 Å². The van der Waals surface area contributed by atoms with Crippen molar-refractivity contribution in [1.29, 1.82) is 0 Å². The van der Waals surface area contributed by atoms with E-state index in [0.29, 0.717) is 24.9 Å². The summed E-state index contributed by atoms with van der Waals surface area (Å²) in [4.78, 5) is 16.1. The fraction of sp³-hybridized carbons (Fsp3) is 0.538. The van der Waals surface area contributed by atoms with Gasteiger partial charge in [-0.25, -0.2) is 13.4 Å². The summed E-state index contributed by atoms with van der Waals surface area (Å²) in [5, 5.41) is 3.06. The summed E-state index contributed by atoms with van der Waals surface area (Å²) in [5.41, 5.74) is 1.22. The van der Waals surface area contributed by atoms with E-state index in [4.69, 9.17) is 11.6 Å². The second-order valence-electron chi connectivity index (χ2n) is 5.00. The van der Waals surface area contributed by atoms with Crippen LogP contribution in [-0.4, -0.2) is 37.4 Å². The van der Waals surface area contributed by atoms with Crippen LogP contribution in [0.3, 0.4) is 0 Å². The first-order chi connectivity index (χ1) is 9.39. The number of carbonyl (C=O) groups excluding carboxylic acids is 1. The molecule has 20 heavy (non-hydrogen) atoms. The molecule has 2 heterocycles. The van der Waals surface area contributed by atoms with Gasteiger partial charge in [-0.15, -0.1) is 0 Å². The predicted molar refractivity (Wildman–Crippen MR) is 77.7 cm³/mol. The molecule has 0 spiro atoms. The van der Waals surface area contributed by atoms with E-state index in [1.807, 2.05) is 6.92 Å². The van der Waals surface area contributed by atoms with E-state index in [-0.39, 0.29) is 28.5 Å². The topological polar surface area (TPSA) is 76.1 Å². The molecule has 0 bridgehead atoms. The first-order valence-electron chi connectivity index (χ1n) is 6.54. The summed E-state index contributed by atoms with van der Waals surface area (Å²) in [7, 11) is -2.91. The Labute approximate surface area is 123 Å². The molecular formula is C13H17ClN2O3S. The minimum atomic E-state index is -2.91. The molecule has 1 aliphatic heterocycles. The van der Waals surface area contributed by atoms with Crippen molar-refractivity contribution < 1.29 is 13.2 Å². The molecule has 0 aliphatic carbocycles. The quantitative estimate of drug-likeness (QED) is 0.853. The van der Waals surface area contributed by atoms with Crippen LogP contribution in [0.25, 0.3) is 0 Å². The Morgan fingerprint density at radius 1 is 1.50 bits per heavy atom. The van der Waals surface area contributed by atoms with Gasteiger partial charge in [-0.2, -0.15) is 0 Å². The average molecular weight is 317 g/mol. The molecule has 1 amide bonds. The summed E-state index contributed by atoms with van der Waals surface area (Å²) >= 11 is 5.87. The van der Waals surface area contributed by atoms with Crippen molar-refractivity contribution in [1.82, 2.24) is 10.3 Å². The van der Waals surface area contributed by atoms with Crippen LogP contribution in [0.15, 0.2) is 12.1 Å². The van der Waals surface area contributed by atoms with Crippen LogP contribution in [0, 0.1) is 5.92 Å². The number of sulfone groups is 1. The molecule has 1 unspecified atom stereocenters. The van der Waals surface area contributed by atoms with Crippen LogP contribution >= 0.6 is 11.6 Å². The number of nitrogens with zero attached hydrogens (tertiary/aromatic N) is 1. The van der Waals surface area contributed by atoms with Crippen LogP contribution in [0.1, 0.15) is 29.4 Å². The van der Waals surface area contributed by atoms with Crippen molar-refractivity contribution >= 4 is 27.3 Å². The lowest BCUT2D eigenvalue weighted by molar-refractivity contribution is 0.0948. The average Bonchev–Trinajstić information content (AvgIpc) is 2.74. The van der Waals surface area contributed by atoms with Crippen LogP contribution < -0.4 is 5.32 Å². The van der Waals surface area contributed by atoms with Crippen molar-refractivity contribution in [3.63, 3.8) is 0 Å². The van der Waals surface area contributed by atoms with E-state index in [1.54, 1.807) is 6.07 Å². The third-order valence-corrected chi connectivity index (χ3v) is 5.38. The number of carbonyl (C=O) groups is 1. The van der Waals surface area contributed by atoms with Gasteiger partial charge in [0.05, 0.1) is 11.5 Å². The first-order valence-corrected chi connectivity index (χ1v) is 8.74. The number of rotatable bonds is 4. The summed E-state index contributed by atoms with van der Waals surface area (Å²) < 4.78 is 22.7. The summed E-state index contributed by atoms with van der Waals surface area (Å²) in [6, 6.07) is 3.22. The molecule has 1 fully saturated rings. The fourth-order valence-electron chi connectivity index (χ4n) is 2.24. The normalized spacial score (nSPS) is 20.8. The molecule has 0 aromatic carbocycles. The van der Waals surface area contributed by atoms with E-state index in [9.17, 15) is 13.2 Å². The van der Waals surface area contributed by atoms with Gasteiger partial charge in [0.15, 0.2) is 9.84 Å². The Morgan fingerprint density at radius 2 is 2.25 bits per heavy atom. The van der Waals surface area contributed by atoms with Crippen LogP contribution in [0.4, 0.5) is 0 Å². The SMILES string of the molecule is CCc1cc(C(=O)NCC2CCS(=O)(=O)C2)cc(Cl)n1. The number of hydrogen-bond donors (Lipinski definition) is 1. The molecule has 1 N–H and O–H groups in total. The van der Waals surface area contributed by atoms with Crippen molar-refractivity contribution in [2.45, 2.75) is 19.8 Å². The molecule has 5 nitrogen and oxygen atoms in total. The van der Waals surface area contributed by atoms with Gasteiger partial charge >= 0.3 is 0 Å². The maximum Gasteiger partial charge on any atom is 0.251 e. The molecule has 2 rings (SSSR count). The Kier molecular flexibility index (Phi) is 4.65. The zero-order chi connectivity index (χ0) is 14.8. The molecule has 1 aromatic heterocycles. The minimum absolute atomic E-state index is 0.00639. The fourth-order valence-corrected chi connectivity index (χ4v) is 4.32. The smallest absolute Gasteiger partial charge is 0.251 e. The summed E-state index contributed by atoms with van der Waals surface area (Å²) in [5.74, 6) is 0.138. The van der Waals surface area contributed by atoms with Crippen LogP contribution in [0.2, 0.25) is 5.15 Å². The maximum atomic E-state index is 12.0. The molecule has 1 atom stereocenters. The Balaban J connectivity index is 1.97. The minimum Gasteiger partial charge on any atom is -0.352 e. The van der Waals surface area contributed by atoms with E-state index in [1.165, 1.54) is 6.07 Å². The van der Waals surface area contributed by atoms with Gasteiger partial charge in [0.2, 0.25) is 0 Å². The third kappa shape index (κ3) is 3.93. The molecule has 0 saturated carbocycles. The van der Waals surface area contributed by atoms with Crippen molar-refractivity contribution in [3.8, 4) is 0 Å². The van der Waals surface area contributed by atoms with E-state index in [0.717, 1.165) is 5.69 Å². The number of hydrogen-bond acceptors (Lipinski definition) is 4. The van der Waals surface area contributed by atoms with Crippen LogP contribution in [-0.2, 0) is 16.3 Å². The summed E-state index contributed by atoms with van der Waals surface area (Å²) in [6.07, 6.45) is 1.31. The van der Waals surface area contributed by atoms with Gasteiger partial charge in [-0.1, -0.05) is 18.5 Å². The molecular weight excluding hydrogens is 300 g/mol. The van der Waals surface area contributed by atoms with Gasteiger partial charge in [0, 0.05) is 17.8 Å². The van der Waals surface area contributed by atoms with Crippen molar-refractivity contribution in [3.05, 3.63) is 28.5 Å². The lowest BCUT2D eigenvalue weighted by atomic mass is 10.1. The van der Waals surface area contributed by atoms with Gasteiger partial charge in [-0.3, -0.25) is 4.79 Å². The Hall–Kier alpha value is -1.14. The third-order valence-electron chi connectivity index (χ3n) is 3.35. The number of halogens is 1. The maximum absolute atomic E-state index is 12.0. The highest BCUT2D eigenvalue weighted by Crippen LogP contribution is 2.18. The summed E-state index contributed by atoms with van der Waals surface area (Å²) in [6.45, 7) is 2.31. The number of nitrogens with one attached hydrogen (secondary N) is 1. The highest BCUT2D eigenvalue weighted by molar-refractivity contribution is 7.91. The lowest BCUT2D eigenvalue weighted by Gasteiger charge is -2.10. The number of aromatic nitrogens is 1. The van der Waals surface area contributed by atoms with Gasteiger partial charge in [0.25, 0.3) is 5.91 Å². The Bertz CT molecular complexity index is 616. The number of pyridine rings is 1. The monoisotopic (exact) mass is 316 g/mol. The molecule has 110 valence electrons. The van der Waals surface area contributed by atoms with E-state index >= 15 is 0 Å². The molecule has 1 saturated heterocycles. The first kappa shape index (κ1) is 15.3. The Morgan fingerprint density at radius 3 is 2.85 bits per heavy atom. The molecule has 1 aliphatic rings. The van der Waals surface area contributed by atoms with Crippen molar-refractivity contribution in [2.75, 3.05) is 18.1 Å². The second-order valence-corrected chi connectivity index (χ2v) is 7.62. The molecule has 7 heteroatoms. The molecule has 1 aromatic rings. The number of amides is 1. The predicted octanol–water partition coefficient (Wildman–Crippen LogP) is 1.46. The highest BCUT2D eigenvalue weighted by atomic mass is 35.5. The zero-order valence-electron chi connectivity index (χ0n) is 11.2. The lowest BCUT2D eigenvalue weighted by Crippen LogP contribution is -2.30. The van der Waals surface area contributed by atoms with Gasteiger partial charge in [-0.05, 0) is 30.9 Å². The number of aryl methyl sites for hydroxylation is 1. The largest absolute Gasteiger partial charge is 0.352 e.